The molecule has 1 fully saturated rings. The zero-order valence-electron chi connectivity index (χ0n) is 9.69. The Labute approximate surface area is 83.4 Å². The molecule has 0 heterocycles. The predicted molar refractivity (Wildman–Crippen MR) is 59.8 cm³/mol. The van der Waals surface area contributed by atoms with Crippen molar-refractivity contribution in [3.63, 3.8) is 0 Å². The molecule has 0 radical (unpaired) electrons. The summed E-state index contributed by atoms with van der Waals surface area (Å²) in [6.07, 6.45) is 6.87. The van der Waals surface area contributed by atoms with Crippen LogP contribution in [0.2, 0.25) is 0 Å². The fraction of sp³-hybridized carbons (Fsp3) is 0.846. The molecule has 13 heavy (non-hydrogen) atoms. The molecule has 1 saturated carbocycles. The van der Waals surface area contributed by atoms with E-state index in [2.05, 4.69) is 27.7 Å². The fourth-order valence-corrected chi connectivity index (χ4v) is 2.28. The first kappa shape index (κ1) is 10.8. The molecular formula is C13H24. The molecule has 0 aromatic heterocycles. The van der Waals surface area contributed by atoms with E-state index in [4.69, 9.17) is 0 Å². The number of hydrogen-bond donors (Lipinski definition) is 0. The van der Waals surface area contributed by atoms with Gasteiger partial charge in [0.1, 0.15) is 0 Å². The van der Waals surface area contributed by atoms with Gasteiger partial charge in [0, 0.05) is 0 Å². The van der Waals surface area contributed by atoms with Gasteiger partial charge in [0.2, 0.25) is 0 Å². The maximum absolute atomic E-state index is 2.40. The Balaban J connectivity index is 2.27. The van der Waals surface area contributed by atoms with Gasteiger partial charge in [-0.25, -0.2) is 0 Å². The van der Waals surface area contributed by atoms with Crippen LogP contribution in [0.3, 0.4) is 0 Å². The van der Waals surface area contributed by atoms with Crippen LogP contribution in [0, 0.1) is 11.8 Å². The third-order valence-electron chi connectivity index (χ3n) is 3.35. The van der Waals surface area contributed by atoms with Gasteiger partial charge in [0.25, 0.3) is 0 Å². The third kappa shape index (κ3) is 3.17. The lowest BCUT2D eigenvalue weighted by Gasteiger charge is -2.07. The van der Waals surface area contributed by atoms with Crippen molar-refractivity contribution in [2.45, 2.75) is 59.8 Å². The lowest BCUT2D eigenvalue weighted by atomic mass is 9.98. The van der Waals surface area contributed by atoms with Gasteiger partial charge in [-0.1, -0.05) is 44.8 Å². The average Bonchev–Trinajstić information content (AvgIpc) is 2.83. The highest BCUT2D eigenvalue weighted by atomic mass is 14.4. The Morgan fingerprint density at radius 3 is 2.69 bits per heavy atom. The van der Waals surface area contributed by atoms with Gasteiger partial charge >= 0.3 is 0 Å². The molecule has 2 unspecified atom stereocenters. The second-order valence-corrected chi connectivity index (χ2v) is 4.69. The summed E-state index contributed by atoms with van der Waals surface area (Å²) in [4.78, 5) is 0. The van der Waals surface area contributed by atoms with Gasteiger partial charge < -0.3 is 0 Å². The summed E-state index contributed by atoms with van der Waals surface area (Å²) in [5, 5.41) is 0. The largest absolute Gasteiger partial charge is 0.0741 e. The van der Waals surface area contributed by atoms with E-state index in [1.54, 1.807) is 11.1 Å². The quantitative estimate of drug-likeness (QED) is 0.544. The second-order valence-electron chi connectivity index (χ2n) is 4.69. The Hall–Kier alpha value is -0.260. The summed E-state index contributed by atoms with van der Waals surface area (Å²) in [5.41, 5.74) is 3.44. The standard InChI is InChI=1S/C13H24/c1-5-7-10(3)8-12-9-13(12)11(4)6-2/h10,12H,5-9H2,1-4H3. The smallest absolute Gasteiger partial charge is 0.0160 e. The molecule has 0 N–H and O–H groups in total. The molecule has 1 aliphatic rings. The topological polar surface area (TPSA) is 0 Å². The van der Waals surface area contributed by atoms with Crippen molar-refractivity contribution in [1.82, 2.24) is 0 Å². The molecule has 0 spiro atoms. The number of hydrogen-bond acceptors (Lipinski definition) is 0. The molecule has 76 valence electrons. The van der Waals surface area contributed by atoms with Crippen molar-refractivity contribution in [3.05, 3.63) is 11.1 Å². The highest BCUT2D eigenvalue weighted by molar-refractivity contribution is 5.28. The van der Waals surface area contributed by atoms with Crippen LogP contribution in [-0.4, -0.2) is 0 Å². The van der Waals surface area contributed by atoms with Crippen molar-refractivity contribution >= 4 is 0 Å². The van der Waals surface area contributed by atoms with Crippen molar-refractivity contribution in [1.29, 1.82) is 0 Å². The lowest BCUT2D eigenvalue weighted by molar-refractivity contribution is 0.464. The molecule has 0 aliphatic heterocycles. The lowest BCUT2D eigenvalue weighted by Crippen LogP contribution is -1.94. The third-order valence-corrected chi connectivity index (χ3v) is 3.35. The van der Waals surface area contributed by atoms with E-state index in [9.17, 15) is 0 Å². The first-order valence-corrected chi connectivity index (χ1v) is 5.87. The van der Waals surface area contributed by atoms with Crippen LogP contribution < -0.4 is 0 Å². The fourth-order valence-electron chi connectivity index (χ4n) is 2.28. The minimum atomic E-state index is 0.942. The van der Waals surface area contributed by atoms with Crippen LogP contribution in [0.15, 0.2) is 11.1 Å². The molecule has 0 heteroatoms. The van der Waals surface area contributed by atoms with Crippen LogP contribution in [0.4, 0.5) is 0 Å². The van der Waals surface area contributed by atoms with Gasteiger partial charge in [0.15, 0.2) is 0 Å². The first-order chi connectivity index (χ1) is 6.19. The van der Waals surface area contributed by atoms with Gasteiger partial charge in [-0.05, 0) is 38.0 Å². The molecule has 0 nitrogen and oxygen atoms in total. The molecule has 0 amide bonds. The van der Waals surface area contributed by atoms with Crippen molar-refractivity contribution < 1.29 is 0 Å². The molecule has 0 aromatic carbocycles. The average molecular weight is 180 g/mol. The molecule has 1 aliphatic carbocycles. The summed E-state index contributed by atoms with van der Waals surface area (Å²) in [6, 6.07) is 0. The van der Waals surface area contributed by atoms with E-state index in [1.807, 2.05) is 0 Å². The van der Waals surface area contributed by atoms with Crippen LogP contribution in [0.5, 0.6) is 0 Å². The summed E-state index contributed by atoms with van der Waals surface area (Å²) in [6.45, 7) is 9.27. The number of allylic oxidation sites excluding steroid dienone is 2. The van der Waals surface area contributed by atoms with E-state index >= 15 is 0 Å². The van der Waals surface area contributed by atoms with E-state index in [1.165, 1.54) is 32.1 Å². The minimum Gasteiger partial charge on any atom is -0.0741 e. The normalized spacial score (nSPS) is 27.2. The highest BCUT2D eigenvalue weighted by Crippen LogP contribution is 2.45. The minimum absolute atomic E-state index is 0.942. The number of rotatable bonds is 5. The van der Waals surface area contributed by atoms with E-state index in [0.717, 1.165) is 11.8 Å². The summed E-state index contributed by atoms with van der Waals surface area (Å²) < 4.78 is 0. The molecule has 0 saturated heterocycles. The molecule has 0 aromatic rings. The van der Waals surface area contributed by atoms with E-state index in [0.29, 0.717) is 0 Å². The van der Waals surface area contributed by atoms with Gasteiger partial charge in [0.05, 0.1) is 0 Å². The molecular weight excluding hydrogens is 156 g/mol. The zero-order valence-corrected chi connectivity index (χ0v) is 9.69. The maximum Gasteiger partial charge on any atom is -0.0160 e. The Kier molecular flexibility index (Phi) is 4.02. The van der Waals surface area contributed by atoms with Gasteiger partial charge in [-0.3, -0.25) is 0 Å². The van der Waals surface area contributed by atoms with Crippen LogP contribution in [-0.2, 0) is 0 Å². The highest BCUT2D eigenvalue weighted by Gasteiger charge is 2.31. The Morgan fingerprint density at radius 1 is 1.46 bits per heavy atom. The second kappa shape index (κ2) is 4.83. The summed E-state index contributed by atoms with van der Waals surface area (Å²) in [7, 11) is 0. The molecule has 1 rings (SSSR count). The van der Waals surface area contributed by atoms with E-state index in [-0.39, 0.29) is 0 Å². The summed E-state index contributed by atoms with van der Waals surface area (Å²) >= 11 is 0. The van der Waals surface area contributed by atoms with Crippen molar-refractivity contribution in [2.75, 3.05) is 0 Å². The predicted octanol–water partition coefficient (Wildman–Crippen LogP) is 4.56. The van der Waals surface area contributed by atoms with Crippen LogP contribution >= 0.6 is 0 Å². The van der Waals surface area contributed by atoms with Gasteiger partial charge in [-0.15, -0.1) is 0 Å². The monoisotopic (exact) mass is 180 g/mol. The first-order valence-electron chi connectivity index (χ1n) is 5.87. The summed E-state index contributed by atoms with van der Waals surface area (Å²) in [5.74, 6) is 1.92. The Bertz CT molecular complexity index is 188. The SMILES string of the molecule is CCCC(C)CC1CC1=C(C)CC. The maximum atomic E-state index is 2.40. The van der Waals surface area contributed by atoms with Gasteiger partial charge in [-0.2, -0.15) is 0 Å². The molecule has 2 atom stereocenters. The Morgan fingerprint density at radius 2 is 2.15 bits per heavy atom. The van der Waals surface area contributed by atoms with Crippen LogP contribution in [0.25, 0.3) is 0 Å². The zero-order chi connectivity index (χ0) is 9.84. The van der Waals surface area contributed by atoms with E-state index < -0.39 is 0 Å². The van der Waals surface area contributed by atoms with Crippen molar-refractivity contribution in [3.8, 4) is 0 Å². The van der Waals surface area contributed by atoms with Crippen LogP contribution in [0.1, 0.15) is 59.8 Å². The molecule has 0 bridgehead atoms. The van der Waals surface area contributed by atoms with Crippen molar-refractivity contribution in [2.24, 2.45) is 11.8 Å².